The number of methoxy groups -OCH3 is 1. The summed E-state index contributed by atoms with van der Waals surface area (Å²) in [5.74, 6) is -1.42. The minimum Gasteiger partial charge on any atom is -0.479 e. The van der Waals surface area contributed by atoms with E-state index in [1.165, 1.54) is 65.4 Å². The van der Waals surface area contributed by atoms with Gasteiger partial charge in [0.2, 0.25) is 5.88 Å². The smallest absolute Gasteiger partial charge is 0.479 e. The van der Waals surface area contributed by atoms with E-state index in [0.29, 0.717) is 11.0 Å². The molecule has 0 atom stereocenters. The number of benzene rings is 2. The second-order valence-electron chi connectivity index (χ2n) is 8.31. The molecule has 206 valence electrons. The summed E-state index contributed by atoms with van der Waals surface area (Å²) in [5.41, 5.74) is 1.45. The Morgan fingerprint density at radius 3 is 2.58 bits per heavy atom. The number of hydrogen-bond acceptors (Lipinski definition) is 8. The highest BCUT2D eigenvalue weighted by molar-refractivity contribution is 5.89. The summed E-state index contributed by atoms with van der Waals surface area (Å²) in [4.78, 5) is 20.7. The van der Waals surface area contributed by atoms with Crippen molar-refractivity contribution in [2.24, 2.45) is 0 Å². The number of para-hydroxylation sites is 1. The molecule has 3 heterocycles. The molecule has 0 spiro atoms. The molecule has 3 aromatic heterocycles. The zero-order valence-electron chi connectivity index (χ0n) is 21.0. The van der Waals surface area contributed by atoms with Gasteiger partial charge in [0.05, 0.1) is 38.2 Å². The Balaban J connectivity index is 1.44. The van der Waals surface area contributed by atoms with E-state index in [9.17, 15) is 18.0 Å². The molecule has 0 amide bonds. The lowest BCUT2D eigenvalue weighted by atomic mass is 10.0. The first-order chi connectivity index (χ1) is 19.2. The fourth-order valence-electron chi connectivity index (χ4n) is 3.99. The Bertz CT molecular complexity index is 1700. The standard InChI is InChI=1S/C26H20F4N6O4/c1-3-39-24(37)17-11-31-36(14-17)25-33-20-12-32-35(22(20)23(34-25)38-2)13-16-9-8-15(10-19(16)27)18-6-4-5-7-21(18)40-26(28,29)30/h4-12,14H,3,13H2,1-2H3. The lowest BCUT2D eigenvalue weighted by Gasteiger charge is -2.14. The number of carbonyl (C=O) groups is 1. The molecule has 0 aliphatic rings. The van der Waals surface area contributed by atoms with Crippen molar-refractivity contribution >= 4 is 17.0 Å². The third kappa shape index (κ3) is 5.41. The van der Waals surface area contributed by atoms with E-state index in [-0.39, 0.29) is 47.2 Å². The van der Waals surface area contributed by atoms with Crippen LogP contribution < -0.4 is 9.47 Å². The van der Waals surface area contributed by atoms with E-state index in [0.717, 1.165) is 12.1 Å². The normalized spacial score (nSPS) is 11.6. The molecule has 0 N–H and O–H groups in total. The quantitative estimate of drug-likeness (QED) is 0.195. The van der Waals surface area contributed by atoms with Crippen LogP contribution in [-0.2, 0) is 11.3 Å². The maximum absolute atomic E-state index is 15.2. The molecule has 0 aliphatic heterocycles. The zero-order valence-corrected chi connectivity index (χ0v) is 21.0. The molecule has 5 rings (SSSR count). The first kappa shape index (κ1) is 26.6. The molecule has 2 aromatic carbocycles. The fraction of sp³-hybridized carbons (Fsp3) is 0.192. The molecule has 0 bridgehead atoms. The Hall–Kier alpha value is -5.01. The maximum atomic E-state index is 15.2. The molecule has 40 heavy (non-hydrogen) atoms. The van der Waals surface area contributed by atoms with Gasteiger partial charge in [-0.2, -0.15) is 15.2 Å². The van der Waals surface area contributed by atoms with E-state index in [1.54, 1.807) is 6.92 Å². The van der Waals surface area contributed by atoms with E-state index in [2.05, 4.69) is 24.9 Å². The number of aromatic nitrogens is 6. The second-order valence-corrected chi connectivity index (χ2v) is 8.31. The zero-order chi connectivity index (χ0) is 28.4. The summed E-state index contributed by atoms with van der Waals surface area (Å²) in [7, 11) is 1.39. The van der Waals surface area contributed by atoms with Crippen molar-refractivity contribution in [3.63, 3.8) is 0 Å². The van der Waals surface area contributed by atoms with Gasteiger partial charge < -0.3 is 14.2 Å². The van der Waals surface area contributed by atoms with Gasteiger partial charge in [0.25, 0.3) is 5.95 Å². The van der Waals surface area contributed by atoms with Crippen LogP contribution in [0.5, 0.6) is 11.6 Å². The maximum Gasteiger partial charge on any atom is 0.573 e. The van der Waals surface area contributed by atoms with Gasteiger partial charge >= 0.3 is 12.3 Å². The number of hydrogen-bond donors (Lipinski definition) is 0. The molecule has 5 aromatic rings. The van der Waals surface area contributed by atoms with Gasteiger partial charge in [-0.1, -0.05) is 30.3 Å². The molecule has 14 heteroatoms. The van der Waals surface area contributed by atoms with Crippen LogP contribution in [-0.4, -0.2) is 55.6 Å². The van der Waals surface area contributed by atoms with Crippen LogP contribution >= 0.6 is 0 Å². The highest BCUT2D eigenvalue weighted by Crippen LogP contribution is 2.34. The number of carbonyl (C=O) groups excluding carboxylic acids is 1. The number of alkyl halides is 3. The molecule has 0 aliphatic carbocycles. The number of rotatable bonds is 8. The Morgan fingerprint density at radius 2 is 1.85 bits per heavy atom. The van der Waals surface area contributed by atoms with Gasteiger partial charge in [0.15, 0.2) is 0 Å². The summed E-state index contributed by atoms with van der Waals surface area (Å²) in [6, 6.07) is 9.56. The number of fused-ring (bicyclic) bond motifs is 1. The molecule has 0 radical (unpaired) electrons. The van der Waals surface area contributed by atoms with E-state index in [4.69, 9.17) is 9.47 Å². The van der Waals surface area contributed by atoms with Crippen molar-refractivity contribution < 1.29 is 36.6 Å². The van der Waals surface area contributed by atoms with Gasteiger partial charge in [-0.25, -0.2) is 18.9 Å². The molecule has 0 saturated carbocycles. The molecule has 0 fully saturated rings. The molecular weight excluding hydrogens is 536 g/mol. The van der Waals surface area contributed by atoms with Crippen molar-refractivity contribution in [3.8, 4) is 28.7 Å². The minimum atomic E-state index is -4.89. The van der Waals surface area contributed by atoms with Crippen LogP contribution in [0.15, 0.2) is 61.1 Å². The third-order valence-corrected chi connectivity index (χ3v) is 5.73. The third-order valence-electron chi connectivity index (χ3n) is 5.73. The summed E-state index contributed by atoms with van der Waals surface area (Å²) < 4.78 is 70.8. The molecule has 0 saturated heterocycles. The number of esters is 1. The first-order valence-corrected chi connectivity index (χ1v) is 11.8. The van der Waals surface area contributed by atoms with Crippen LogP contribution in [0.2, 0.25) is 0 Å². The highest BCUT2D eigenvalue weighted by atomic mass is 19.4. The predicted octanol–water partition coefficient (Wildman–Crippen LogP) is 4.95. The minimum absolute atomic E-state index is 0.0514. The Kier molecular flexibility index (Phi) is 7.07. The second kappa shape index (κ2) is 10.6. The van der Waals surface area contributed by atoms with E-state index < -0.39 is 23.9 Å². The van der Waals surface area contributed by atoms with Crippen LogP contribution in [0.3, 0.4) is 0 Å². The average Bonchev–Trinajstić information content (AvgIpc) is 3.57. The Labute approximate surface area is 223 Å². The number of nitrogens with zero attached hydrogens (tertiary/aromatic N) is 6. The summed E-state index contributed by atoms with van der Waals surface area (Å²) in [6.45, 7) is 1.85. The van der Waals surface area contributed by atoms with Crippen molar-refractivity contribution in [1.29, 1.82) is 0 Å². The molecular formula is C26H20F4N6O4. The van der Waals surface area contributed by atoms with Crippen molar-refractivity contribution in [2.45, 2.75) is 19.8 Å². The van der Waals surface area contributed by atoms with Gasteiger partial charge in [0, 0.05) is 17.3 Å². The topological polar surface area (TPSA) is 106 Å². The largest absolute Gasteiger partial charge is 0.573 e. The summed E-state index contributed by atoms with van der Waals surface area (Å²) in [6.07, 6.45) is -0.716. The summed E-state index contributed by atoms with van der Waals surface area (Å²) >= 11 is 0. The van der Waals surface area contributed by atoms with E-state index in [1.807, 2.05) is 0 Å². The van der Waals surface area contributed by atoms with Gasteiger partial charge in [-0.15, -0.1) is 13.2 Å². The van der Waals surface area contributed by atoms with Crippen molar-refractivity contribution in [2.75, 3.05) is 13.7 Å². The summed E-state index contributed by atoms with van der Waals surface area (Å²) in [5, 5.41) is 8.39. The first-order valence-electron chi connectivity index (χ1n) is 11.8. The van der Waals surface area contributed by atoms with Crippen LogP contribution in [0.1, 0.15) is 22.8 Å². The van der Waals surface area contributed by atoms with Crippen LogP contribution in [0.25, 0.3) is 28.1 Å². The number of halogens is 4. The molecule has 10 nitrogen and oxygen atoms in total. The van der Waals surface area contributed by atoms with Crippen molar-refractivity contribution in [1.82, 2.24) is 29.5 Å². The fourth-order valence-corrected chi connectivity index (χ4v) is 3.99. The Morgan fingerprint density at radius 1 is 1.05 bits per heavy atom. The number of ether oxygens (including phenoxy) is 3. The van der Waals surface area contributed by atoms with Gasteiger partial charge in [-0.3, -0.25) is 4.68 Å². The lowest BCUT2D eigenvalue weighted by Crippen LogP contribution is -2.17. The molecule has 0 unspecified atom stereocenters. The lowest BCUT2D eigenvalue weighted by molar-refractivity contribution is -0.274. The predicted molar refractivity (Wildman–Crippen MR) is 133 cm³/mol. The van der Waals surface area contributed by atoms with Crippen molar-refractivity contribution in [3.05, 3.63) is 78.0 Å². The van der Waals surface area contributed by atoms with Crippen LogP contribution in [0.4, 0.5) is 17.6 Å². The van der Waals surface area contributed by atoms with Crippen LogP contribution in [0, 0.1) is 5.82 Å². The monoisotopic (exact) mass is 556 g/mol. The van der Waals surface area contributed by atoms with Gasteiger partial charge in [-0.05, 0) is 24.6 Å². The van der Waals surface area contributed by atoms with E-state index >= 15 is 4.39 Å². The van der Waals surface area contributed by atoms with Gasteiger partial charge in [0.1, 0.15) is 22.6 Å². The average molecular weight is 556 g/mol. The highest BCUT2D eigenvalue weighted by Gasteiger charge is 2.32. The SMILES string of the molecule is CCOC(=O)c1cnn(-c2nc(OC)c3c(cnn3Cc3ccc(-c4ccccc4OC(F)(F)F)cc3F)n2)c1.